The fraction of sp³-hybridized carbons (Fsp3) is 0.176. The molecule has 0 aromatic heterocycles. The summed E-state index contributed by atoms with van der Waals surface area (Å²) in [7, 11) is -1.62. The molecule has 5 amide bonds. The van der Waals surface area contributed by atoms with Gasteiger partial charge in [0.25, 0.3) is 37.8 Å². The Hall–Kier alpha value is -5.54. The summed E-state index contributed by atoms with van der Waals surface area (Å²) in [5, 5.41) is 2.60. The lowest BCUT2D eigenvalue weighted by Gasteiger charge is -2.12. The first-order valence-electron chi connectivity index (χ1n) is 14.6. The average molecular weight is 708 g/mol. The number of urea groups is 1. The Morgan fingerprint density at radius 1 is 0.531 bits per heavy atom. The molecule has 0 unspecified atom stereocenters. The van der Waals surface area contributed by atoms with Gasteiger partial charge in [0.05, 0.1) is 9.79 Å². The molecule has 4 aromatic carbocycles. The van der Waals surface area contributed by atoms with Crippen LogP contribution >= 0.6 is 0 Å². The highest BCUT2D eigenvalue weighted by atomic mass is 32.2. The zero-order valence-electron chi connectivity index (χ0n) is 27.7. The molecule has 0 aliphatic rings. The highest BCUT2D eigenvalue weighted by molar-refractivity contribution is 7.90. The molecule has 0 spiro atoms. The van der Waals surface area contributed by atoms with Crippen molar-refractivity contribution in [3.05, 3.63) is 125 Å². The van der Waals surface area contributed by atoms with E-state index in [0.717, 1.165) is 0 Å². The molecule has 4 aromatic rings. The van der Waals surface area contributed by atoms with Crippen LogP contribution in [-0.2, 0) is 20.0 Å². The molecule has 0 fully saturated rings. The Morgan fingerprint density at radius 3 is 1.29 bits per heavy atom. The van der Waals surface area contributed by atoms with Crippen molar-refractivity contribution in [2.24, 2.45) is 0 Å². The summed E-state index contributed by atoms with van der Waals surface area (Å²) in [5.74, 6) is -1.62. The lowest BCUT2D eigenvalue weighted by atomic mass is 10.1. The molecular weight excluding hydrogens is 671 g/mol. The Labute approximate surface area is 286 Å². The SMILES string of the molecule is Cc1ccccc1C(=O)NS(=O)(=O)c1ccc(C(=O)N(C)C)cc1.Cc1ccccc1C(=O)NS(=O)(=O)c1ccc(NC(=O)N(C)C)cc1. The number of aryl methyl sites for hydroxylation is 2. The Balaban J connectivity index is 0.000000266. The van der Waals surface area contributed by atoms with Gasteiger partial charge in [0.1, 0.15) is 0 Å². The van der Waals surface area contributed by atoms with Crippen molar-refractivity contribution in [3.8, 4) is 0 Å². The van der Waals surface area contributed by atoms with Gasteiger partial charge < -0.3 is 15.1 Å². The fourth-order valence-corrected chi connectivity index (χ4v) is 6.05. The van der Waals surface area contributed by atoms with Gasteiger partial charge in [0.2, 0.25) is 0 Å². The summed E-state index contributed by atoms with van der Waals surface area (Å²) in [6.45, 7) is 3.45. The van der Waals surface area contributed by atoms with E-state index in [-0.39, 0.29) is 21.7 Å². The summed E-state index contributed by atoms with van der Waals surface area (Å²) in [4.78, 5) is 50.3. The molecule has 0 heterocycles. The van der Waals surface area contributed by atoms with Crippen LogP contribution in [0, 0.1) is 13.8 Å². The zero-order valence-corrected chi connectivity index (χ0v) is 29.3. The number of hydrogen-bond donors (Lipinski definition) is 3. The number of nitrogens with one attached hydrogen (secondary N) is 3. The maximum Gasteiger partial charge on any atom is 0.321 e. The van der Waals surface area contributed by atoms with Gasteiger partial charge >= 0.3 is 6.03 Å². The van der Waals surface area contributed by atoms with Crippen LogP contribution in [0.5, 0.6) is 0 Å². The number of sulfonamides is 2. The highest BCUT2D eigenvalue weighted by Crippen LogP contribution is 2.16. The number of amides is 5. The molecule has 0 atom stereocenters. The Morgan fingerprint density at radius 2 is 0.918 bits per heavy atom. The van der Waals surface area contributed by atoms with Crippen molar-refractivity contribution in [2.45, 2.75) is 23.6 Å². The van der Waals surface area contributed by atoms with Gasteiger partial charge in [-0.15, -0.1) is 0 Å². The quantitative estimate of drug-likeness (QED) is 0.246. The number of rotatable bonds is 8. The molecule has 0 bridgehead atoms. The van der Waals surface area contributed by atoms with Gasteiger partial charge in [0, 0.05) is 50.6 Å². The highest BCUT2D eigenvalue weighted by Gasteiger charge is 2.21. The summed E-state index contributed by atoms with van der Waals surface area (Å²) < 4.78 is 53.4. The van der Waals surface area contributed by atoms with Gasteiger partial charge in [0.15, 0.2) is 0 Å². The van der Waals surface area contributed by atoms with E-state index in [1.165, 1.54) is 58.3 Å². The van der Waals surface area contributed by atoms with Crippen LogP contribution in [0.2, 0.25) is 0 Å². The van der Waals surface area contributed by atoms with E-state index in [2.05, 4.69) is 5.32 Å². The Kier molecular flexibility index (Phi) is 12.4. The van der Waals surface area contributed by atoms with Crippen molar-refractivity contribution in [1.82, 2.24) is 19.2 Å². The van der Waals surface area contributed by atoms with Crippen LogP contribution in [0.15, 0.2) is 107 Å². The number of nitrogens with zero attached hydrogens (tertiary/aromatic N) is 2. The lowest BCUT2D eigenvalue weighted by molar-refractivity contribution is 0.0826. The van der Waals surface area contributed by atoms with E-state index in [1.807, 2.05) is 9.44 Å². The van der Waals surface area contributed by atoms with Crippen LogP contribution in [-0.4, -0.2) is 78.6 Å². The van der Waals surface area contributed by atoms with Crippen LogP contribution in [0.3, 0.4) is 0 Å². The van der Waals surface area contributed by atoms with E-state index in [1.54, 1.807) is 90.6 Å². The summed E-state index contributed by atoms with van der Waals surface area (Å²) >= 11 is 0. The minimum absolute atomic E-state index is 0.0720. The van der Waals surface area contributed by atoms with Crippen molar-refractivity contribution >= 4 is 49.5 Å². The molecule has 13 nitrogen and oxygen atoms in total. The Bertz CT molecular complexity index is 2060. The van der Waals surface area contributed by atoms with Gasteiger partial charge in [-0.3, -0.25) is 14.4 Å². The monoisotopic (exact) mass is 707 g/mol. The van der Waals surface area contributed by atoms with Crippen molar-refractivity contribution in [2.75, 3.05) is 33.5 Å². The largest absolute Gasteiger partial charge is 0.345 e. The van der Waals surface area contributed by atoms with Crippen molar-refractivity contribution < 1.29 is 36.0 Å². The normalized spacial score (nSPS) is 10.9. The number of anilines is 1. The summed E-state index contributed by atoms with van der Waals surface area (Å²) in [5.41, 5.74) is 2.75. The van der Waals surface area contributed by atoms with Crippen LogP contribution in [0.25, 0.3) is 0 Å². The van der Waals surface area contributed by atoms with E-state index in [4.69, 9.17) is 0 Å². The van der Waals surface area contributed by atoms with E-state index in [0.29, 0.717) is 33.5 Å². The number of carbonyl (C=O) groups excluding carboxylic acids is 4. The molecule has 258 valence electrons. The minimum atomic E-state index is -4.01. The molecule has 49 heavy (non-hydrogen) atoms. The van der Waals surface area contributed by atoms with Gasteiger partial charge in [-0.05, 0) is 85.6 Å². The second-order valence-corrected chi connectivity index (χ2v) is 14.4. The second-order valence-electron chi connectivity index (χ2n) is 11.1. The van der Waals surface area contributed by atoms with Crippen LogP contribution in [0.1, 0.15) is 42.2 Å². The second kappa shape index (κ2) is 16.0. The molecule has 0 aliphatic heterocycles. The molecule has 0 radical (unpaired) electrons. The number of hydrogen-bond acceptors (Lipinski definition) is 8. The number of carbonyl (C=O) groups is 4. The fourth-order valence-electron chi connectivity index (χ4n) is 4.11. The third kappa shape index (κ3) is 10.2. The minimum Gasteiger partial charge on any atom is -0.345 e. The van der Waals surface area contributed by atoms with Gasteiger partial charge in [-0.2, -0.15) is 0 Å². The van der Waals surface area contributed by atoms with Crippen LogP contribution in [0.4, 0.5) is 10.5 Å². The van der Waals surface area contributed by atoms with E-state index in [9.17, 15) is 36.0 Å². The predicted octanol–water partition coefficient (Wildman–Crippen LogP) is 4.02. The summed E-state index contributed by atoms with van der Waals surface area (Å²) in [6.07, 6.45) is 0. The van der Waals surface area contributed by atoms with Crippen LogP contribution < -0.4 is 14.8 Å². The van der Waals surface area contributed by atoms with Crippen molar-refractivity contribution in [3.63, 3.8) is 0 Å². The standard InChI is InChI=1S/C17H19N3O4S.C17H18N2O4S/c1-12-6-4-5-7-15(12)16(21)19-25(23,24)14-10-8-13(9-11-14)18-17(22)20(2)3;1-12-6-4-5-7-15(12)16(20)18-24(22,23)14-10-8-13(9-11-14)17(21)19(2)3/h4-11H,1-3H3,(H,18,22)(H,19,21);4-11H,1-3H3,(H,18,20). The maximum absolute atomic E-state index is 12.3. The maximum atomic E-state index is 12.3. The first-order chi connectivity index (χ1) is 22.9. The molecule has 0 saturated heterocycles. The van der Waals surface area contributed by atoms with E-state index < -0.39 is 31.9 Å². The molecular formula is C34H37N5O8S2. The van der Waals surface area contributed by atoms with Crippen molar-refractivity contribution in [1.29, 1.82) is 0 Å². The molecule has 3 N–H and O–H groups in total. The zero-order chi connectivity index (χ0) is 36.5. The first-order valence-corrected chi connectivity index (χ1v) is 17.5. The average Bonchev–Trinajstić information content (AvgIpc) is 3.05. The predicted molar refractivity (Wildman–Crippen MR) is 185 cm³/mol. The van der Waals surface area contributed by atoms with Gasteiger partial charge in [-0.25, -0.2) is 31.1 Å². The summed E-state index contributed by atoms with van der Waals surface area (Å²) in [6, 6.07) is 24.0. The molecule has 0 saturated carbocycles. The molecule has 0 aliphatic carbocycles. The van der Waals surface area contributed by atoms with E-state index >= 15 is 0 Å². The molecule has 15 heteroatoms. The molecule has 4 rings (SSSR count). The topological polar surface area (TPSA) is 179 Å². The number of benzene rings is 4. The van der Waals surface area contributed by atoms with Gasteiger partial charge in [-0.1, -0.05) is 36.4 Å². The smallest absolute Gasteiger partial charge is 0.321 e. The lowest BCUT2D eigenvalue weighted by Crippen LogP contribution is -2.31. The third-order valence-electron chi connectivity index (χ3n) is 6.87. The third-order valence-corrected chi connectivity index (χ3v) is 9.57. The first kappa shape index (κ1) is 37.9.